The lowest BCUT2D eigenvalue weighted by molar-refractivity contribution is -0.256. The number of ether oxygens (including phenoxy) is 4. The molecule has 0 unspecified atom stereocenters. The van der Waals surface area contributed by atoms with Crippen LogP contribution in [0.3, 0.4) is 0 Å². The number of rotatable bonds is 7. The van der Waals surface area contributed by atoms with Gasteiger partial charge in [0.05, 0.1) is 39.7 Å². The Labute approximate surface area is 177 Å². The number of methoxy groups -OCH3 is 2. The maximum absolute atomic E-state index is 13.6. The molecule has 2 aromatic rings. The van der Waals surface area contributed by atoms with Crippen molar-refractivity contribution in [1.29, 1.82) is 0 Å². The van der Waals surface area contributed by atoms with Gasteiger partial charge in [-0.1, -0.05) is 25.5 Å². The Morgan fingerprint density at radius 2 is 1.73 bits per heavy atom. The first-order valence-electron chi connectivity index (χ1n) is 10.6. The average molecular weight is 411 g/mol. The van der Waals surface area contributed by atoms with Crippen molar-refractivity contribution >= 4 is 11.6 Å². The molecule has 160 valence electrons. The highest BCUT2D eigenvalue weighted by Gasteiger charge is 2.54. The predicted octanol–water partition coefficient (Wildman–Crippen LogP) is 4.18. The molecular weight excluding hydrogens is 382 g/mol. The molecule has 4 rings (SSSR count). The van der Waals surface area contributed by atoms with E-state index < -0.39 is 5.79 Å². The van der Waals surface area contributed by atoms with Crippen molar-refractivity contribution in [2.75, 3.05) is 32.3 Å². The van der Waals surface area contributed by atoms with Crippen molar-refractivity contribution in [1.82, 2.24) is 0 Å². The first-order chi connectivity index (χ1) is 14.6. The second-order valence-corrected chi connectivity index (χ2v) is 7.70. The first-order valence-corrected chi connectivity index (χ1v) is 10.6. The van der Waals surface area contributed by atoms with Crippen LogP contribution in [0.25, 0.3) is 0 Å². The summed E-state index contributed by atoms with van der Waals surface area (Å²) < 4.78 is 22.8. The van der Waals surface area contributed by atoms with Crippen LogP contribution in [0, 0.1) is 0 Å². The number of hydrogen-bond donors (Lipinski definition) is 0. The molecule has 0 aromatic heterocycles. The van der Waals surface area contributed by atoms with Crippen LogP contribution in [0.4, 0.5) is 5.69 Å². The zero-order valence-corrected chi connectivity index (χ0v) is 17.9. The van der Waals surface area contributed by atoms with Crippen LogP contribution in [0.2, 0.25) is 0 Å². The van der Waals surface area contributed by atoms with Crippen LogP contribution in [0.5, 0.6) is 11.5 Å². The van der Waals surface area contributed by atoms with Gasteiger partial charge in [-0.25, -0.2) is 0 Å². The van der Waals surface area contributed by atoms with E-state index in [2.05, 4.69) is 19.1 Å². The van der Waals surface area contributed by atoms with Crippen molar-refractivity contribution in [3.05, 3.63) is 53.1 Å². The topological polar surface area (TPSA) is 57.2 Å². The SMILES string of the molecule is CCCCc1ccc2c(c1)C1(OCCCO1)C(=O)N2Cc1ccc(OC)c(OC)c1. The van der Waals surface area contributed by atoms with Gasteiger partial charge in [0.1, 0.15) is 0 Å². The van der Waals surface area contributed by atoms with Crippen molar-refractivity contribution in [2.45, 2.75) is 44.9 Å². The highest BCUT2D eigenvalue weighted by molar-refractivity contribution is 6.06. The van der Waals surface area contributed by atoms with Crippen LogP contribution in [-0.2, 0) is 33.0 Å². The molecule has 1 saturated heterocycles. The third-order valence-electron chi connectivity index (χ3n) is 5.74. The minimum absolute atomic E-state index is 0.167. The predicted molar refractivity (Wildman–Crippen MR) is 114 cm³/mol. The number of fused-ring (bicyclic) bond motifs is 2. The standard InChI is InChI=1S/C24H29NO5/c1-4-5-7-17-8-10-20-19(14-17)24(29-12-6-13-30-24)23(26)25(20)16-18-9-11-21(27-2)22(15-18)28-3/h8-11,14-15H,4-7,12-13,16H2,1-3H3. The molecule has 2 aliphatic rings. The lowest BCUT2D eigenvalue weighted by Crippen LogP contribution is -2.47. The van der Waals surface area contributed by atoms with E-state index in [-0.39, 0.29) is 5.91 Å². The van der Waals surface area contributed by atoms with E-state index in [1.807, 2.05) is 24.3 Å². The third-order valence-corrected chi connectivity index (χ3v) is 5.74. The molecule has 2 aromatic carbocycles. The quantitative estimate of drug-likeness (QED) is 0.684. The number of carbonyl (C=O) groups is 1. The van der Waals surface area contributed by atoms with E-state index in [9.17, 15) is 4.79 Å². The van der Waals surface area contributed by atoms with Gasteiger partial charge >= 0.3 is 0 Å². The second kappa shape index (κ2) is 8.66. The summed E-state index contributed by atoms with van der Waals surface area (Å²) in [6.45, 7) is 3.59. The van der Waals surface area contributed by atoms with Gasteiger partial charge in [0.25, 0.3) is 11.7 Å². The summed E-state index contributed by atoms with van der Waals surface area (Å²) >= 11 is 0. The fraction of sp³-hybridized carbons (Fsp3) is 0.458. The fourth-order valence-electron chi connectivity index (χ4n) is 4.15. The molecule has 0 saturated carbocycles. The molecule has 0 atom stereocenters. The summed E-state index contributed by atoms with van der Waals surface area (Å²) in [4.78, 5) is 15.3. The van der Waals surface area contributed by atoms with Crippen molar-refractivity contribution in [3.63, 3.8) is 0 Å². The van der Waals surface area contributed by atoms with Crippen LogP contribution in [0.15, 0.2) is 36.4 Å². The summed E-state index contributed by atoms with van der Waals surface area (Å²) in [7, 11) is 3.21. The molecule has 2 aliphatic heterocycles. The molecular formula is C24H29NO5. The Bertz CT molecular complexity index is 920. The normalized spacial score (nSPS) is 17.3. The van der Waals surface area contributed by atoms with Crippen LogP contribution in [0.1, 0.15) is 42.9 Å². The van der Waals surface area contributed by atoms with Gasteiger partial charge in [-0.15, -0.1) is 0 Å². The van der Waals surface area contributed by atoms with E-state index in [1.54, 1.807) is 19.1 Å². The molecule has 0 aliphatic carbocycles. The molecule has 1 fully saturated rings. The molecule has 0 bridgehead atoms. The highest BCUT2D eigenvalue weighted by Crippen LogP contribution is 2.46. The van der Waals surface area contributed by atoms with E-state index in [0.29, 0.717) is 31.3 Å². The van der Waals surface area contributed by atoms with E-state index in [0.717, 1.165) is 42.5 Å². The summed E-state index contributed by atoms with van der Waals surface area (Å²) in [5.41, 5.74) is 3.81. The zero-order chi connectivity index (χ0) is 21.1. The number of hydrogen-bond acceptors (Lipinski definition) is 5. The van der Waals surface area contributed by atoms with Gasteiger partial charge in [0.2, 0.25) is 0 Å². The van der Waals surface area contributed by atoms with Gasteiger partial charge in [-0.3, -0.25) is 4.79 Å². The Morgan fingerprint density at radius 3 is 2.43 bits per heavy atom. The molecule has 0 radical (unpaired) electrons. The van der Waals surface area contributed by atoms with E-state index in [1.165, 1.54) is 5.56 Å². The average Bonchev–Trinajstić information content (AvgIpc) is 3.00. The van der Waals surface area contributed by atoms with Crippen molar-refractivity contribution in [2.24, 2.45) is 0 Å². The second-order valence-electron chi connectivity index (χ2n) is 7.70. The van der Waals surface area contributed by atoms with Crippen LogP contribution >= 0.6 is 0 Å². The number of carbonyl (C=O) groups excluding carboxylic acids is 1. The number of anilines is 1. The van der Waals surface area contributed by atoms with Gasteiger partial charge in [0, 0.05) is 5.56 Å². The largest absolute Gasteiger partial charge is 0.493 e. The molecule has 2 heterocycles. The van der Waals surface area contributed by atoms with Crippen LogP contribution in [-0.4, -0.2) is 33.3 Å². The minimum Gasteiger partial charge on any atom is -0.493 e. The lowest BCUT2D eigenvalue weighted by Gasteiger charge is -2.32. The smallest absolute Gasteiger partial charge is 0.292 e. The number of nitrogens with zero attached hydrogens (tertiary/aromatic N) is 1. The molecule has 0 N–H and O–H groups in total. The maximum atomic E-state index is 13.6. The zero-order valence-electron chi connectivity index (χ0n) is 17.9. The fourth-order valence-corrected chi connectivity index (χ4v) is 4.15. The van der Waals surface area contributed by atoms with Gasteiger partial charge in [0.15, 0.2) is 11.5 Å². The van der Waals surface area contributed by atoms with Crippen molar-refractivity contribution < 1.29 is 23.7 Å². The molecule has 30 heavy (non-hydrogen) atoms. The number of aryl methyl sites for hydroxylation is 1. The number of unbranched alkanes of at least 4 members (excludes halogenated alkanes) is 1. The van der Waals surface area contributed by atoms with Gasteiger partial charge < -0.3 is 23.8 Å². The third kappa shape index (κ3) is 3.55. The Balaban J connectivity index is 1.70. The van der Waals surface area contributed by atoms with E-state index in [4.69, 9.17) is 18.9 Å². The molecule has 1 spiro atoms. The molecule has 1 amide bonds. The number of benzene rings is 2. The summed E-state index contributed by atoms with van der Waals surface area (Å²) in [6.07, 6.45) is 4.00. The summed E-state index contributed by atoms with van der Waals surface area (Å²) in [5, 5.41) is 0. The Hall–Kier alpha value is -2.57. The molecule has 6 heteroatoms. The highest BCUT2D eigenvalue weighted by atomic mass is 16.7. The van der Waals surface area contributed by atoms with Crippen molar-refractivity contribution in [3.8, 4) is 11.5 Å². The molecule has 6 nitrogen and oxygen atoms in total. The lowest BCUT2D eigenvalue weighted by atomic mass is 10.00. The Kier molecular flexibility index (Phi) is 5.97. The van der Waals surface area contributed by atoms with Crippen LogP contribution < -0.4 is 14.4 Å². The monoisotopic (exact) mass is 411 g/mol. The van der Waals surface area contributed by atoms with Gasteiger partial charge in [-0.2, -0.15) is 0 Å². The minimum atomic E-state index is -1.33. The number of amides is 1. The van der Waals surface area contributed by atoms with E-state index >= 15 is 0 Å². The first kappa shape index (κ1) is 20.7. The Morgan fingerprint density at radius 1 is 1.00 bits per heavy atom. The van der Waals surface area contributed by atoms with Gasteiger partial charge in [-0.05, 0) is 54.7 Å². The maximum Gasteiger partial charge on any atom is 0.292 e. The summed E-state index contributed by atoms with van der Waals surface area (Å²) in [6, 6.07) is 11.9. The summed E-state index contributed by atoms with van der Waals surface area (Å²) in [5.74, 6) is -0.200.